The van der Waals surface area contributed by atoms with Crippen LogP contribution in [0, 0.1) is 11.3 Å². The second kappa shape index (κ2) is 4.45. The predicted octanol–water partition coefficient (Wildman–Crippen LogP) is 3.20. The monoisotopic (exact) mass is 183 g/mol. The number of rotatable bonds is 4. The second-order valence-corrected chi connectivity index (χ2v) is 5.78. The number of nitrogens with one attached hydrogen (secondary N) is 1. The van der Waals surface area contributed by atoms with Gasteiger partial charge >= 0.3 is 0 Å². The van der Waals surface area contributed by atoms with Crippen LogP contribution in [0.2, 0.25) is 0 Å². The Morgan fingerprint density at radius 2 is 1.92 bits per heavy atom. The molecule has 0 aromatic rings. The third kappa shape index (κ3) is 4.12. The van der Waals surface area contributed by atoms with Crippen molar-refractivity contribution in [3.63, 3.8) is 0 Å². The van der Waals surface area contributed by atoms with E-state index < -0.39 is 0 Å². The molecule has 0 radical (unpaired) electrons. The van der Waals surface area contributed by atoms with E-state index in [1.54, 1.807) is 0 Å². The maximum absolute atomic E-state index is 3.46. The van der Waals surface area contributed by atoms with Crippen molar-refractivity contribution in [1.82, 2.24) is 5.32 Å². The van der Waals surface area contributed by atoms with Gasteiger partial charge in [-0.25, -0.2) is 0 Å². The first-order valence-electron chi connectivity index (χ1n) is 5.68. The lowest BCUT2D eigenvalue weighted by atomic mass is 9.77. The van der Waals surface area contributed by atoms with E-state index in [4.69, 9.17) is 0 Å². The summed E-state index contributed by atoms with van der Waals surface area (Å²) in [7, 11) is 2.11. The van der Waals surface area contributed by atoms with E-state index in [1.165, 1.54) is 32.1 Å². The average Bonchev–Trinajstić information content (AvgIpc) is 1.91. The van der Waals surface area contributed by atoms with Gasteiger partial charge in [0, 0.05) is 6.04 Å². The van der Waals surface area contributed by atoms with Crippen molar-refractivity contribution in [2.75, 3.05) is 7.05 Å². The Labute approximate surface area is 83.3 Å². The van der Waals surface area contributed by atoms with Gasteiger partial charge in [0.2, 0.25) is 0 Å². The minimum Gasteiger partial charge on any atom is -0.317 e. The number of hydrogen-bond acceptors (Lipinski definition) is 1. The molecule has 1 N–H and O–H groups in total. The Balaban J connectivity index is 2.25. The molecule has 0 heterocycles. The molecule has 0 aliphatic heterocycles. The van der Waals surface area contributed by atoms with Gasteiger partial charge in [-0.05, 0) is 31.2 Å². The van der Waals surface area contributed by atoms with Crippen molar-refractivity contribution < 1.29 is 0 Å². The third-order valence-electron chi connectivity index (χ3n) is 3.11. The van der Waals surface area contributed by atoms with E-state index in [-0.39, 0.29) is 0 Å². The summed E-state index contributed by atoms with van der Waals surface area (Å²) in [4.78, 5) is 0. The maximum Gasteiger partial charge on any atom is 0.00716 e. The highest BCUT2D eigenvalue weighted by Crippen LogP contribution is 2.33. The summed E-state index contributed by atoms with van der Waals surface area (Å²) < 4.78 is 0. The van der Waals surface area contributed by atoms with Crippen LogP contribution in [0.15, 0.2) is 0 Å². The van der Waals surface area contributed by atoms with Crippen LogP contribution in [0.3, 0.4) is 0 Å². The molecule has 0 bridgehead atoms. The lowest BCUT2D eigenvalue weighted by Gasteiger charge is -2.32. The highest BCUT2D eigenvalue weighted by molar-refractivity contribution is 4.79. The standard InChI is InChI=1S/C12H25N/c1-12(2,3)9-11(13-4)8-10-6-5-7-10/h10-11,13H,5-9H2,1-4H3. The molecule has 1 fully saturated rings. The molecule has 0 aromatic carbocycles. The summed E-state index contributed by atoms with van der Waals surface area (Å²) in [5.74, 6) is 1.03. The van der Waals surface area contributed by atoms with Gasteiger partial charge in [-0.2, -0.15) is 0 Å². The van der Waals surface area contributed by atoms with E-state index in [2.05, 4.69) is 33.1 Å². The minimum absolute atomic E-state index is 0.470. The van der Waals surface area contributed by atoms with E-state index >= 15 is 0 Å². The largest absolute Gasteiger partial charge is 0.317 e. The molecule has 0 saturated heterocycles. The van der Waals surface area contributed by atoms with E-state index in [0.717, 1.165) is 12.0 Å². The number of hydrogen-bond donors (Lipinski definition) is 1. The maximum atomic E-state index is 3.46. The fraction of sp³-hybridized carbons (Fsp3) is 1.00. The smallest absolute Gasteiger partial charge is 0.00716 e. The quantitative estimate of drug-likeness (QED) is 0.706. The third-order valence-corrected chi connectivity index (χ3v) is 3.11. The zero-order valence-electron chi connectivity index (χ0n) is 9.69. The Morgan fingerprint density at radius 1 is 1.31 bits per heavy atom. The van der Waals surface area contributed by atoms with Gasteiger partial charge in [0.15, 0.2) is 0 Å². The van der Waals surface area contributed by atoms with E-state index in [9.17, 15) is 0 Å². The Kier molecular flexibility index (Phi) is 3.78. The van der Waals surface area contributed by atoms with Gasteiger partial charge in [0.1, 0.15) is 0 Å². The zero-order chi connectivity index (χ0) is 9.90. The zero-order valence-corrected chi connectivity index (χ0v) is 9.69. The van der Waals surface area contributed by atoms with Crippen LogP contribution in [0.1, 0.15) is 52.9 Å². The van der Waals surface area contributed by atoms with Gasteiger partial charge in [-0.15, -0.1) is 0 Å². The van der Waals surface area contributed by atoms with Gasteiger partial charge < -0.3 is 5.32 Å². The van der Waals surface area contributed by atoms with Crippen LogP contribution < -0.4 is 5.32 Å². The molecule has 1 aliphatic rings. The van der Waals surface area contributed by atoms with Gasteiger partial charge in [0.25, 0.3) is 0 Å². The predicted molar refractivity (Wildman–Crippen MR) is 58.9 cm³/mol. The van der Waals surface area contributed by atoms with Crippen LogP contribution in [-0.2, 0) is 0 Å². The molecular formula is C12H25N. The normalized spacial score (nSPS) is 21.2. The molecule has 1 unspecified atom stereocenters. The van der Waals surface area contributed by atoms with Crippen LogP contribution >= 0.6 is 0 Å². The van der Waals surface area contributed by atoms with E-state index in [1.807, 2.05) is 0 Å². The Bertz CT molecular complexity index is 142. The van der Waals surface area contributed by atoms with Crippen LogP contribution in [-0.4, -0.2) is 13.1 Å². The van der Waals surface area contributed by atoms with Gasteiger partial charge in [-0.3, -0.25) is 0 Å². The molecule has 0 spiro atoms. The highest BCUT2D eigenvalue weighted by Gasteiger charge is 2.24. The van der Waals surface area contributed by atoms with Crippen LogP contribution in [0.5, 0.6) is 0 Å². The Hall–Kier alpha value is -0.0400. The van der Waals surface area contributed by atoms with Gasteiger partial charge in [0.05, 0.1) is 0 Å². The molecular weight excluding hydrogens is 158 g/mol. The fourth-order valence-corrected chi connectivity index (χ4v) is 2.17. The average molecular weight is 183 g/mol. The van der Waals surface area contributed by atoms with Crippen LogP contribution in [0.25, 0.3) is 0 Å². The van der Waals surface area contributed by atoms with Crippen LogP contribution in [0.4, 0.5) is 0 Å². The molecule has 0 amide bonds. The molecule has 1 heteroatoms. The van der Waals surface area contributed by atoms with Crippen molar-refractivity contribution in [2.45, 2.75) is 58.9 Å². The topological polar surface area (TPSA) is 12.0 Å². The Morgan fingerprint density at radius 3 is 2.23 bits per heavy atom. The first-order chi connectivity index (χ1) is 6.01. The summed E-state index contributed by atoms with van der Waals surface area (Å²) in [5, 5.41) is 3.46. The molecule has 1 nitrogen and oxygen atoms in total. The van der Waals surface area contributed by atoms with E-state index in [0.29, 0.717) is 5.41 Å². The van der Waals surface area contributed by atoms with Crippen molar-refractivity contribution in [3.05, 3.63) is 0 Å². The highest BCUT2D eigenvalue weighted by atomic mass is 14.9. The fourth-order valence-electron chi connectivity index (χ4n) is 2.17. The van der Waals surface area contributed by atoms with Crippen molar-refractivity contribution >= 4 is 0 Å². The van der Waals surface area contributed by atoms with Crippen molar-refractivity contribution in [1.29, 1.82) is 0 Å². The summed E-state index contributed by atoms with van der Waals surface area (Å²) in [6.07, 6.45) is 7.12. The molecule has 13 heavy (non-hydrogen) atoms. The molecule has 1 saturated carbocycles. The van der Waals surface area contributed by atoms with Gasteiger partial charge in [-0.1, -0.05) is 40.0 Å². The first-order valence-corrected chi connectivity index (χ1v) is 5.68. The summed E-state index contributed by atoms with van der Waals surface area (Å²) in [5.41, 5.74) is 0.470. The molecule has 78 valence electrons. The summed E-state index contributed by atoms with van der Waals surface area (Å²) >= 11 is 0. The molecule has 1 rings (SSSR count). The lowest BCUT2D eigenvalue weighted by Crippen LogP contribution is -2.33. The molecule has 0 aromatic heterocycles. The molecule has 1 atom stereocenters. The first kappa shape index (κ1) is 11.0. The summed E-state index contributed by atoms with van der Waals surface area (Å²) in [6.45, 7) is 6.99. The van der Waals surface area contributed by atoms with Crippen molar-refractivity contribution in [3.8, 4) is 0 Å². The molecule has 1 aliphatic carbocycles. The summed E-state index contributed by atoms with van der Waals surface area (Å²) in [6, 6.07) is 0.741. The SMILES string of the molecule is CNC(CC1CCC1)CC(C)(C)C. The van der Waals surface area contributed by atoms with Crippen molar-refractivity contribution in [2.24, 2.45) is 11.3 Å². The lowest BCUT2D eigenvalue weighted by molar-refractivity contribution is 0.226. The minimum atomic E-state index is 0.470. The second-order valence-electron chi connectivity index (χ2n) is 5.78.